The summed E-state index contributed by atoms with van der Waals surface area (Å²) in [5, 5.41) is 0. The topological polar surface area (TPSA) is 0 Å². The van der Waals surface area contributed by atoms with Gasteiger partial charge >= 0.3 is 0 Å². The lowest BCUT2D eigenvalue weighted by atomic mass is 10.1. The number of halogens is 2. The van der Waals surface area contributed by atoms with Crippen molar-refractivity contribution in [3.63, 3.8) is 0 Å². The third kappa shape index (κ3) is 2.29. The largest absolute Gasteiger partial charge is 0.263 e. The van der Waals surface area contributed by atoms with Crippen LogP contribution in [0.25, 0.3) is 0 Å². The summed E-state index contributed by atoms with van der Waals surface area (Å²) in [6, 6.07) is 6.51. The molecule has 0 fully saturated rings. The molecular formula is C10H11F2. The second-order valence-electron chi connectivity index (χ2n) is 2.66. The van der Waals surface area contributed by atoms with Crippen LogP contribution in [0.3, 0.4) is 0 Å². The van der Waals surface area contributed by atoms with Gasteiger partial charge in [-0.2, -0.15) is 0 Å². The van der Waals surface area contributed by atoms with Gasteiger partial charge in [-0.15, -0.1) is 0 Å². The Morgan fingerprint density at radius 1 is 1.42 bits per heavy atom. The van der Waals surface area contributed by atoms with Gasteiger partial charge in [-0.05, 0) is 18.4 Å². The van der Waals surface area contributed by atoms with Gasteiger partial charge in [-0.1, -0.05) is 31.2 Å². The first-order valence-electron chi connectivity index (χ1n) is 3.89. The lowest BCUT2D eigenvalue weighted by molar-refractivity contribution is 0.151. The van der Waals surface area contributed by atoms with Crippen molar-refractivity contribution in [2.24, 2.45) is 0 Å². The Labute approximate surface area is 71.2 Å². The van der Waals surface area contributed by atoms with Gasteiger partial charge in [0.15, 0.2) is 0 Å². The van der Waals surface area contributed by atoms with E-state index in [0.717, 1.165) is 12.0 Å². The highest BCUT2D eigenvalue weighted by molar-refractivity contribution is 5.25. The number of hydrogen-bond donors (Lipinski definition) is 0. The maximum absolute atomic E-state index is 12.2. The highest BCUT2D eigenvalue weighted by atomic mass is 19.3. The zero-order chi connectivity index (χ0) is 8.97. The molecule has 0 spiro atoms. The van der Waals surface area contributed by atoms with Crippen LogP contribution in [0.1, 0.15) is 24.5 Å². The molecule has 0 saturated heterocycles. The third-order valence-electron chi connectivity index (χ3n) is 1.64. The molecule has 0 atom stereocenters. The summed E-state index contributed by atoms with van der Waals surface area (Å²) in [5.74, 6) is 0. The van der Waals surface area contributed by atoms with Crippen LogP contribution in [0.4, 0.5) is 8.78 Å². The van der Waals surface area contributed by atoms with Crippen LogP contribution in [-0.4, -0.2) is 0 Å². The van der Waals surface area contributed by atoms with E-state index in [4.69, 9.17) is 0 Å². The van der Waals surface area contributed by atoms with Crippen LogP contribution in [0.5, 0.6) is 0 Å². The molecule has 0 nitrogen and oxygen atoms in total. The Balaban J connectivity index is 2.81. The Morgan fingerprint density at radius 3 is 2.75 bits per heavy atom. The van der Waals surface area contributed by atoms with Crippen molar-refractivity contribution in [1.29, 1.82) is 0 Å². The smallest absolute Gasteiger partial charge is 0.205 e. The normalized spacial score (nSPS) is 10.7. The summed E-state index contributed by atoms with van der Waals surface area (Å²) in [6.07, 6.45) is 0.340. The molecule has 0 saturated carbocycles. The van der Waals surface area contributed by atoms with Gasteiger partial charge in [0.25, 0.3) is 6.43 Å². The van der Waals surface area contributed by atoms with Gasteiger partial charge in [-0.25, -0.2) is 8.78 Å². The Hall–Kier alpha value is -0.920. The van der Waals surface area contributed by atoms with Gasteiger partial charge in [0.1, 0.15) is 0 Å². The van der Waals surface area contributed by atoms with Gasteiger partial charge in [-0.3, -0.25) is 0 Å². The lowest BCUT2D eigenvalue weighted by Crippen LogP contribution is -1.88. The molecule has 0 amide bonds. The average molecular weight is 169 g/mol. The second-order valence-corrected chi connectivity index (χ2v) is 2.66. The molecule has 2 heteroatoms. The molecule has 1 aromatic carbocycles. The van der Waals surface area contributed by atoms with Crippen LogP contribution in [0, 0.1) is 6.42 Å². The predicted molar refractivity (Wildman–Crippen MR) is 45.1 cm³/mol. The molecular weight excluding hydrogens is 158 g/mol. The lowest BCUT2D eigenvalue weighted by Gasteiger charge is -2.02. The molecule has 1 rings (SSSR count). The molecule has 0 bridgehead atoms. The van der Waals surface area contributed by atoms with E-state index in [2.05, 4.69) is 0 Å². The fourth-order valence-electron chi connectivity index (χ4n) is 1.09. The number of rotatable bonds is 3. The fraction of sp³-hybridized carbons (Fsp3) is 0.300. The van der Waals surface area contributed by atoms with Crippen molar-refractivity contribution < 1.29 is 8.78 Å². The van der Waals surface area contributed by atoms with E-state index in [0.29, 0.717) is 0 Å². The molecule has 0 unspecified atom stereocenters. The standard InChI is InChI=1S/C10H11F2/c1-2-4-8-5-3-6-9(7-8)10(11)12/h2-3,5-7,10H,4H2,1H3. The van der Waals surface area contributed by atoms with E-state index in [1.165, 1.54) is 6.07 Å². The Morgan fingerprint density at radius 2 is 2.17 bits per heavy atom. The van der Waals surface area contributed by atoms with Crippen LogP contribution in [0.2, 0.25) is 0 Å². The number of alkyl halides is 2. The summed E-state index contributed by atoms with van der Waals surface area (Å²) >= 11 is 0. The van der Waals surface area contributed by atoms with E-state index >= 15 is 0 Å². The minimum atomic E-state index is -2.36. The summed E-state index contributed by atoms with van der Waals surface area (Å²) in [4.78, 5) is 0. The highest BCUT2D eigenvalue weighted by Gasteiger charge is 2.05. The molecule has 65 valence electrons. The molecule has 12 heavy (non-hydrogen) atoms. The van der Waals surface area contributed by atoms with E-state index in [1.807, 2.05) is 19.4 Å². The van der Waals surface area contributed by atoms with Crippen molar-refractivity contribution in [3.05, 3.63) is 41.8 Å². The van der Waals surface area contributed by atoms with Gasteiger partial charge in [0.05, 0.1) is 0 Å². The minimum absolute atomic E-state index is 0.106. The zero-order valence-corrected chi connectivity index (χ0v) is 6.93. The molecule has 0 aromatic heterocycles. The molecule has 0 heterocycles. The van der Waals surface area contributed by atoms with E-state index in [9.17, 15) is 8.78 Å². The van der Waals surface area contributed by atoms with E-state index < -0.39 is 6.43 Å². The summed E-state index contributed by atoms with van der Waals surface area (Å²) in [5.41, 5.74) is 1.05. The molecule has 0 aliphatic carbocycles. The average Bonchev–Trinajstić information content (AvgIpc) is 2.05. The minimum Gasteiger partial charge on any atom is -0.205 e. The van der Waals surface area contributed by atoms with Crippen LogP contribution >= 0.6 is 0 Å². The summed E-state index contributed by atoms with van der Waals surface area (Å²) in [7, 11) is 0. The Kier molecular flexibility index (Phi) is 3.20. The van der Waals surface area contributed by atoms with Crippen molar-refractivity contribution in [2.75, 3.05) is 0 Å². The monoisotopic (exact) mass is 169 g/mol. The molecule has 1 aromatic rings. The summed E-state index contributed by atoms with van der Waals surface area (Å²) in [6.45, 7) is 1.91. The van der Waals surface area contributed by atoms with Crippen molar-refractivity contribution in [3.8, 4) is 0 Å². The maximum atomic E-state index is 12.2. The van der Waals surface area contributed by atoms with Crippen LogP contribution < -0.4 is 0 Å². The van der Waals surface area contributed by atoms with Crippen molar-refractivity contribution >= 4 is 0 Å². The first kappa shape index (κ1) is 9.17. The van der Waals surface area contributed by atoms with E-state index in [1.54, 1.807) is 12.1 Å². The molecule has 0 aliphatic heterocycles. The van der Waals surface area contributed by atoms with Crippen molar-refractivity contribution in [1.82, 2.24) is 0 Å². The fourth-order valence-corrected chi connectivity index (χ4v) is 1.09. The molecule has 0 N–H and O–H groups in total. The SMILES string of the molecule is C[CH]Cc1cccc(C(F)F)c1. The first-order valence-corrected chi connectivity index (χ1v) is 3.89. The van der Waals surface area contributed by atoms with Crippen LogP contribution in [-0.2, 0) is 6.42 Å². The molecule has 1 radical (unpaired) electrons. The third-order valence-corrected chi connectivity index (χ3v) is 1.64. The van der Waals surface area contributed by atoms with E-state index in [-0.39, 0.29) is 5.56 Å². The number of hydrogen-bond acceptors (Lipinski definition) is 0. The van der Waals surface area contributed by atoms with Gasteiger partial charge in [0, 0.05) is 5.56 Å². The quantitative estimate of drug-likeness (QED) is 0.650. The molecule has 0 aliphatic rings. The number of benzene rings is 1. The first-order chi connectivity index (χ1) is 5.74. The Bertz CT molecular complexity index is 243. The predicted octanol–water partition coefficient (Wildman–Crippen LogP) is 3.39. The van der Waals surface area contributed by atoms with Crippen LogP contribution in [0.15, 0.2) is 24.3 Å². The maximum Gasteiger partial charge on any atom is 0.263 e. The van der Waals surface area contributed by atoms with Crippen molar-refractivity contribution in [2.45, 2.75) is 19.8 Å². The van der Waals surface area contributed by atoms with Gasteiger partial charge in [0.2, 0.25) is 0 Å². The second kappa shape index (κ2) is 4.19. The highest BCUT2D eigenvalue weighted by Crippen LogP contribution is 2.19. The zero-order valence-electron chi connectivity index (χ0n) is 6.93. The van der Waals surface area contributed by atoms with Gasteiger partial charge < -0.3 is 0 Å². The summed E-state index contributed by atoms with van der Waals surface area (Å²) < 4.78 is 24.4.